The maximum absolute atomic E-state index is 13.0. The fourth-order valence-electron chi connectivity index (χ4n) is 6.10. The van der Waals surface area contributed by atoms with E-state index in [4.69, 9.17) is 0 Å². The summed E-state index contributed by atoms with van der Waals surface area (Å²) in [5.74, 6) is 1.72. The maximum atomic E-state index is 13.0. The molecule has 2 aromatic carbocycles. The predicted molar refractivity (Wildman–Crippen MR) is 156 cm³/mol. The van der Waals surface area contributed by atoms with Gasteiger partial charge < -0.3 is 14.5 Å². The number of hydrogen-bond acceptors (Lipinski definition) is 2. The van der Waals surface area contributed by atoms with Gasteiger partial charge in [0.1, 0.15) is 0 Å². The van der Waals surface area contributed by atoms with Crippen molar-refractivity contribution >= 4 is 10.9 Å². The van der Waals surface area contributed by atoms with Crippen molar-refractivity contribution in [3.05, 3.63) is 93.4 Å². The van der Waals surface area contributed by atoms with Crippen molar-refractivity contribution in [2.75, 3.05) is 19.6 Å². The summed E-state index contributed by atoms with van der Waals surface area (Å²) in [4.78, 5) is 19.4. The SMILES string of the molecule is Cc1cc(-c2[nH]c3ccc(C4CCN(CC(C)C)CC4)cc3c2C(C)C)cn(Cc2ccccc2)c1=O. The minimum atomic E-state index is 0.0703. The molecule has 0 amide bonds. The first-order valence-corrected chi connectivity index (χ1v) is 13.9. The molecule has 0 aliphatic carbocycles. The molecule has 2 aromatic heterocycles. The summed E-state index contributed by atoms with van der Waals surface area (Å²) >= 11 is 0. The fraction of sp³-hybridized carbons (Fsp3) is 0.424. The van der Waals surface area contributed by atoms with Gasteiger partial charge in [-0.1, -0.05) is 64.1 Å². The summed E-state index contributed by atoms with van der Waals surface area (Å²) in [6, 6.07) is 19.3. The average molecular weight is 496 g/mol. The van der Waals surface area contributed by atoms with E-state index in [1.807, 2.05) is 42.0 Å². The van der Waals surface area contributed by atoms with Crippen LogP contribution in [0.4, 0.5) is 0 Å². The molecule has 1 aliphatic rings. The number of aryl methyl sites for hydroxylation is 1. The van der Waals surface area contributed by atoms with Crippen LogP contribution in [0.15, 0.2) is 65.6 Å². The van der Waals surface area contributed by atoms with Crippen molar-refractivity contribution in [3.8, 4) is 11.3 Å². The molecule has 4 heteroatoms. The number of rotatable bonds is 7. The fourth-order valence-corrected chi connectivity index (χ4v) is 6.10. The Hall–Kier alpha value is -3.11. The monoisotopic (exact) mass is 495 g/mol. The van der Waals surface area contributed by atoms with Gasteiger partial charge in [0.05, 0.1) is 12.2 Å². The van der Waals surface area contributed by atoms with Gasteiger partial charge in [0, 0.05) is 34.8 Å². The van der Waals surface area contributed by atoms with Crippen LogP contribution in [0.2, 0.25) is 0 Å². The number of aromatic nitrogens is 2. The van der Waals surface area contributed by atoms with E-state index in [1.54, 1.807) is 0 Å². The Labute approximate surface area is 221 Å². The molecule has 1 N–H and O–H groups in total. The molecular weight excluding hydrogens is 454 g/mol. The molecule has 1 aliphatic heterocycles. The molecule has 0 saturated carbocycles. The lowest BCUT2D eigenvalue weighted by Gasteiger charge is -2.33. The summed E-state index contributed by atoms with van der Waals surface area (Å²) in [6.07, 6.45) is 4.50. The van der Waals surface area contributed by atoms with Crippen LogP contribution in [0.3, 0.4) is 0 Å². The smallest absolute Gasteiger partial charge is 0.253 e. The van der Waals surface area contributed by atoms with Gasteiger partial charge in [0.25, 0.3) is 5.56 Å². The van der Waals surface area contributed by atoms with Crippen LogP contribution in [0, 0.1) is 12.8 Å². The first-order chi connectivity index (χ1) is 17.8. The molecule has 37 heavy (non-hydrogen) atoms. The Morgan fingerprint density at radius 1 is 0.973 bits per heavy atom. The zero-order valence-corrected chi connectivity index (χ0v) is 23.1. The van der Waals surface area contributed by atoms with Crippen LogP contribution < -0.4 is 5.56 Å². The maximum Gasteiger partial charge on any atom is 0.253 e. The largest absolute Gasteiger partial charge is 0.354 e. The van der Waals surface area contributed by atoms with Crippen LogP contribution in [-0.2, 0) is 6.54 Å². The molecule has 194 valence electrons. The molecule has 0 bridgehead atoms. The van der Waals surface area contributed by atoms with Crippen LogP contribution in [0.25, 0.3) is 22.2 Å². The van der Waals surface area contributed by atoms with Gasteiger partial charge in [-0.3, -0.25) is 4.79 Å². The van der Waals surface area contributed by atoms with E-state index in [0.29, 0.717) is 18.4 Å². The lowest BCUT2D eigenvalue weighted by Crippen LogP contribution is -2.35. The molecule has 4 aromatic rings. The Balaban J connectivity index is 1.50. The number of likely N-dealkylation sites (tertiary alicyclic amines) is 1. The average Bonchev–Trinajstić information content (AvgIpc) is 3.26. The van der Waals surface area contributed by atoms with Gasteiger partial charge in [-0.25, -0.2) is 0 Å². The number of pyridine rings is 1. The lowest BCUT2D eigenvalue weighted by molar-refractivity contribution is 0.192. The van der Waals surface area contributed by atoms with Gasteiger partial charge in [-0.15, -0.1) is 0 Å². The number of nitrogens with zero attached hydrogens (tertiary/aromatic N) is 2. The zero-order valence-electron chi connectivity index (χ0n) is 23.1. The first kappa shape index (κ1) is 25.5. The second kappa shape index (κ2) is 10.7. The highest BCUT2D eigenvalue weighted by atomic mass is 16.1. The van der Waals surface area contributed by atoms with Crippen LogP contribution in [-0.4, -0.2) is 34.1 Å². The van der Waals surface area contributed by atoms with Gasteiger partial charge >= 0.3 is 0 Å². The molecule has 4 nitrogen and oxygen atoms in total. The van der Waals surface area contributed by atoms with Crippen molar-refractivity contribution in [2.24, 2.45) is 5.92 Å². The van der Waals surface area contributed by atoms with E-state index in [1.165, 1.54) is 54.5 Å². The van der Waals surface area contributed by atoms with Gasteiger partial charge in [0.15, 0.2) is 0 Å². The molecule has 0 atom stereocenters. The number of aromatic amines is 1. The Bertz CT molecular complexity index is 1420. The third-order valence-electron chi connectivity index (χ3n) is 7.87. The van der Waals surface area contributed by atoms with E-state index < -0.39 is 0 Å². The number of piperidine rings is 1. The lowest BCUT2D eigenvalue weighted by atomic mass is 9.87. The highest BCUT2D eigenvalue weighted by Gasteiger charge is 2.23. The van der Waals surface area contributed by atoms with Crippen LogP contribution in [0.5, 0.6) is 0 Å². The van der Waals surface area contributed by atoms with Crippen molar-refractivity contribution in [1.29, 1.82) is 0 Å². The zero-order chi connectivity index (χ0) is 26.1. The molecule has 0 radical (unpaired) electrons. The summed E-state index contributed by atoms with van der Waals surface area (Å²) in [5.41, 5.74) is 8.18. The second-order valence-electron chi connectivity index (χ2n) is 11.7. The van der Waals surface area contributed by atoms with Crippen molar-refractivity contribution in [3.63, 3.8) is 0 Å². The summed E-state index contributed by atoms with van der Waals surface area (Å²) < 4.78 is 1.85. The highest BCUT2D eigenvalue weighted by molar-refractivity contribution is 5.92. The van der Waals surface area contributed by atoms with Crippen molar-refractivity contribution in [2.45, 2.75) is 65.8 Å². The van der Waals surface area contributed by atoms with E-state index in [-0.39, 0.29) is 5.56 Å². The van der Waals surface area contributed by atoms with E-state index in [2.05, 4.69) is 67.9 Å². The number of H-pyrrole nitrogens is 1. The minimum absolute atomic E-state index is 0.0703. The topological polar surface area (TPSA) is 41.0 Å². The Kier molecular flexibility index (Phi) is 7.39. The van der Waals surface area contributed by atoms with Crippen molar-refractivity contribution < 1.29 is 0 Å². The Morgan fingerprint density at radius 2 is 1.70 bits per heavy atom. The predicted octanol–water partition coefficient (Wildman–Crippen LogP) is 7.31. The Morgan fingerprint density at radius 3 is 2.38 bits per heavy atom. The molecular formula is C33H41N3O. The molecule has 0 spiro atoms. The first-order valence-electron chi connectivity index (χ1n) is 13.9. The molecule has 0 unspecified atom stereocenters. The van der Waals surface area contributed by atoms with Gasteiger partial charge in [-0.05, 0) is 85.5 Å². The van der Waals surface area contributed by atoms with Crippen molar-refractivity contribution in [1.82, 2.24) is 14.5 Å². The van der Waals surface area contributed by atoms with Gasteiger partial charge in [-0.2, -0.15) is 0 Å². The number of hydrogen-bond donors (Lipinski definition) is 1. The molecule has 1 saturated heterocycles. The summed E-state index contributed by atoms with van der Waals surface area (Å²) in [5, 5.41) is 1.32. The minimum Gasteiger partial charge on any atom is -0.354 e. The standard InChI is InChI=1S/C33H41N3O/c1-22(2)19-35-15-13-26(14-16-35)27-11-12-30-29(18-27)31(23(3)4)32(34-30)28-17-24(5)33(37)36(21-28)20-25-9-7-6-8-10-25/h6-12,17-18,21-23,26,34H,13-16,19-20H2,1-5H3. The molecule has 3 heterocycles. The normalized spacial score (nSPS) is 15.3. The van der Waals surface area contributed by atoms with E-state index in [0.717, 1.165) is 28.3 Å². The van der Waals surface area contributed by atoms with Crippen LogP contribution in [0.1, 0.15) is 74.6 Å². The van der Waals surface area contributed by atoms with Crippen LogP contribution >= 0.6 is 0 Å². The number of benzene rings is 2. The second-order valence-corrected chi connectivity index (χ2v) is 11.7. The summed E-state index contributed by atoms with van der Waals surface area (Å²) in [7, 11) is 0. The highest BCUT2D eigenvalue weighted by Crippen LogP contribution is 2.38. The van der Waals surface area contributed by atoms with E-state index in [9.17, 15) is 4.79 Å². The van der Waals surface area contributed by atoms with Gasteiger partial charge in [0.2, 0.25) is 0 Å². The quantitative estimate of drug-likeness (QED) is 0.292. The molecule has 5 rings (SSSR count). The molecule has 1 fully saturated rings. The third-order valence-corrected chi connectivity index (χ3v) is 7.87. The van der Waals surface area contributed by atoms with E-state index >= 15 is 0 Å². The number of nitrogens with one attached hydrogen (secondary N) is 1. The third kappa shape index (κ3) is 5.45. The summed E-state index contributed by atoms with van der Waals surface area (Å²) in [6.45, 7) is 15.3. The number of fused-ring (bicyclic) bond motifs is 1.